The summed E-state index contributed by atoms with van der Waals surface area (Å²) in [6, 6.07) is 21.8. The summed E-state index contributed by atoms with van der Waals surface area (Å²) in [7, 11) is 1.52. The number of methoxy groups -OCH3 is 1. The first-order valence-corrected chi connectivity index (χ1v) is 11.8. The molecule has 0 unspecified atom stereocenters. The van der Waals surface area contributed by atoms with Gasteiger partial charge in [-0.3, -0.25) is 14.9 Å². The first-order valence-electron chi connectivity index (χ1n) is 11.4. The first-order chi connectivity index (χ1) is 17.0. The fourth-order valence-corrected chi connectivity index (χ4v) is 3.46. The quantitative estimate of drug-likeness (QED) is 0.323. The summed E-state index contributed by atoms with van der Waals surface area (Å²) in [5, 5.41) is 8.65. The number of thiocarbonyl (C=S) groups is 1. The second-order valence-electron chi connectivity index (χ2n) is 7.78. The van der Waals surface area contributed by atoms with Crippen molar-refractivity contribution in [3.05, 3.63) is 83.9 Å². The predicted octanol–water partition coefficient (Wildman–Crippen LogP) is 5.53. The summed E-state index contributed by atoms with van der Waals surface area (Å²) >= 11 is 5.31. The van der Waals surface area contributed by atoms with Gasteiger partial charge in [0.15, 0.2) is 5.11 Å². The number of carbonyl (C=O) groups excluding carboxylic acids is 2. The van der Waals surface area contributed by atoms with E-state index in [1.807, 2.05) is 43.3 Å². The Labute approximate surface area is 210 Å². The van der Waals surface area contributed by atoms with Crippen LogP contribution in [0.4, 0.5) is 11.4 Å². The number of amides is 2. The Morgan fingerprint density at radius 3 is 2.49 bits per heavy atom. The zero-order valence-corrected chi connectivity index (χ0v) is 20.6. The van der Waals surface area contributed by atoms with E-state index in [4.69, 9.17) is 21.7 Å². The van der Waals surface area contributed by atoms with Gasteiger partial charge in [-0.2, -0.15) is 0 Å². The number of para-hydroxylation sites is 1. The van der Waals surface area contributed by atoms with Crippen LogP contribution < -0.4 is 25.4 Å². The molecule has 0 radical (unpaired) electrons. The van der Waals surface area contributed by atoms with E-state index in [0.29, 0.717) is 35.7 Å². The Bertz CT molecular complexity index is 1170. The van der Waals surface area contributed by atoms with E-state index in [9.17, 15) is 9.59 Å². The standard InChI is InChI=1S/C27H29N3O4S/c1-3-4-13-25(31)29-23-15-14-21(17-24(23)33-2)28-27(35)30-26(32)20-10-8-9-19(16-20)18-34-22-11-6-5-7-12-22/h5-12,14-17H,3-4,13,18H2,1-2H3,(H,29,31)(H2,28,30,32,35). The van der Waals surface area contributed by atoms with Crippen molar-refractivity contribution >= 4 is 40.5 Å². The van der Waals surface area contributed by atoms with Crippen LogP contribution in [0, 0.1) is 0 Å². The van der Waals surface area contributed by atoms with E-state index in [2.05, 4.69) is 16.0 Å². The summed E-state index contributed by atoms with van der Waals surface area (Å²) in [6.45, 7) is 2.38. The van der Waals surface area contributed by atoms with Gasteiger partial charge in [0, 0.05) is 23.7 Å². The van der Waals surface area contributed by atoms with Gasteiger partial charge in [0.25, 0.3) is 5.91 Å². The van der Waals surface area contributed by atoms with Crippen LogP contribution in [-0.4, -0.2) is 24.0 Å². The van der Waals surface area contributed by atoms with Crippen molar-refractivity contribution in [2.24, 2.45) is 0 Å². The van der Waals surface area contributed by atoms with Gasteiger partial charge in [-0.25, -0.2) is 0 Å². The molecule has 0 bridgehead atoms. The Balaban J connectivity index is 1.57. The molecule has 0 aliphatic carbocycles. The number of hydrogen-bond donors (Lipinski definition) is 3. The molecule has 0 spiro atoms. The van der Waals surface area contributed by atoms with Gasteiger partial charge in [0.2, 0.25) is 5.91 Å². The Morgan fingerprint density at radius 1 is 0.943 bits per heavy atom. The SMILES string of the molecule is CCCCC(=O)Nc1ccc(NC(=S)NC(=O)c2cccc(COc3ccccc3)c2)cc1OC. The lowest BCUT2D eigenvalue weighted by Gasteiger charge is -2.14. The number of ether oxygens (including phenoxy) is 2. The number of anilines is 2. The minimum atomic E-state index is -0.337. The van der Waals surface area contributed by atoms with E-state index in [0.717, 1.165) is 24.2 Å². The lowest BCUT2D eigenvalue weighted by Crippen LogP contribution is -2.34. The number of carbonyl (C=O) groups is 2. The zero-order chi connectivity index (χ0) is 25.0. The van der Waals surface area contributed by atoms with Gasteiger partial charge < -0.3 is 20.1 Å². The molecular weight excluding hydrogens is 462 g/mol. The molecule has 0 aliphatic heterocycles. The highest BCUT2D eigenvalue weighted by Gasteiger charge is 2.12. The number of rotatable bonds is 10. The van der Waals surface area contributed by atoms with Crippen LogP contribution in [-0.2, 0) is 11.4 Å². The third kappa shape index (κ3) is 8.12. The summed E-state index contributed by atoms with van der Waals surface area (Å²) in [6.07, 6.45) is 2.22. The molecule has 182 valence electrons. The summed E-state index contributed by atoms with van der Waals surface area (Å²) in [4.78, 5) is 24.7. The highest BCUT2D eigenvalue weighted by molar-refractivity contribution is 7.80. The van der Waals surface area contributed by atoms with Crippen LogP contribution in [0.25, 0.3) is 0 Å². The maximum atomic E-state index is 12.7. The Kier molecular flexibility index (Phi) is 9.62. The normalized spacial score (nSPS) is 10.2. The molecule has 8 heteroatoms. The van der Waals surface area contributed by atoms with Crippen molar-refractivity contribution in [3.63, 3.8) is 0 Å². The predicted molar refractivity (Wildman–Crippen MR) is 142 cm³/mol. The maximum Gasteiger partial charge on any atom is 0.257 e. The monoisotopic (exact) mass is 491 g/mol. The summed E-state index contributed by atoms with van der Waals surface area (Å²) < 4.78 is 11.1. The van der Waals surface area contributed by atoms with E-state index in [1.54, 1.807) is 36.4 Å². The highest BCUT2D eigenvalue weighted by Crippen LogP contribution is 2.28. The minimum Gasteiger partial charge on any atom is -0.494 e. The molecule has 35 heavy (non-hydrogen) atoms. The lowest BCUT2D eigenvalue weighted by molar-refractivity contribution is -0.116. The number of benzene rings is 3. The molecule has 7 nitrogen and oxygen atoms in total. The fraction of sp³-hybridized carbons (Fsp3) is 0.222. The van der Waals surface area contributed by atoms with Crippen molar-refractivity contribution in [3.8, 4) is 11.5 Å². The topological polar surface area (TPSA) is 88.7 Å². The van der Waals surface area contributed by atoms with Crippen LogP contribution in [0.5, 0.6) is 11.5 Å². The van der Waals surface area contributed by atoms with Crippen LogP contribution >= 0.6 is 12.2 Å². The number of hydrogen-bond acceptors (Lipinski definition) is 5. The van der Waals surface area contributed by atoms with E-state index in [1.165, 1.54) is 7.11 Å². The van der Waals surface area contributed by atoms with Gasteiger partial charge in [-0.1, -0.05) is 43.7 Å². The average Bonchev–Trinajstić information content (AvgIpc) is 2.87. The molecule has 3 rings (SSSR count). The van der Waals surface area contributed by atoms with E-state index < -0.39 is 0 Å². The molecule has 3 aromatic rings. The average molecular weight is 492 g/mol. The maximum absolute atomic E-state index is 12.7. The molecule has 2 amide bonds. The Hall–Kier alpha value is -3.91. The largest absolute Gasteiger partial charge is 0.494 e. The molecule has 3 N–H and O–H groups in total. The van der Waals surface area contributed by atoms with Crippen molar-refractivity contribution < 1.29 is 19.1 Å². The molecule has 0 aliphatic rings. The molecule has 0 fully saturated rings. The molecule has 0 saturated carbocycles. The van der Waals surface area contributed by atoms with Crippen molar-refractivity contribution in [1.82, 2.24) is 5.32 Å². The number of nitrogens with one attached hydrogen (secondary N) is 3. The van der Waals surface area contributed by atoms with E-state index in [-0.39, 0.29) is 16.9 Å². The van der Waals surface area contributed by atoms with Crippen LogP contribution in [0.2, 0.25) is 0 Å². The van der Waals surface area contributed by atoms with E-state index >= 15 is 0 Å². The second kappa shape index (κ2) is 13.1. The molecule has 0 atom stereocenters. The first kappa shape index (κ1) is 25.7. The summed E-state index contributed by atoms with van der Waals surface area (Å²) in [5.74, 6) is 0.843. The second-order valence-corrected chi connectivity index (χ2v) is 8.19. The molecule has 0 saturated heterocycles. The molecule has 3 aromatic carbocycles. The molecule has 0 heterocycles. The highest BCUT2D eigenvalue weighted by atomic mass is 32.1. The van der Waals surface area contributed by atoms with Gasteiger partial charge in [-0.15, -0.1) is 0 Å². The zero-order valence-electron chi connectivity index (χ0n) is 19.8. The molecule has 0 aromatic heterocycles. The Morgan fingerprint density at radius 2 is 1.74 bits per heavy atom. The van der Waals surface area contributed by atoms with Crippen molar-refractivity contribution in [1.29, 1.82) is 0 Å². The minimum absolute atomic E-state index is 0.0648. The van der Waals surface area contributed by atoms with Gasteiger partial charge >= 0.3 is 0 Å². The smallest absolute Gasteiger partial charge is 0.257 e. The fourth-order valence-electron chi connectivity index (χ4n) is 3.25. The lowest BCUT2D eigenvalue weighted by atomic mass is 10.1. The number of unbranched alkanes of at least 4 members (excludes halogenated alkanes) is 1. The van der Waals surface area contributed by atoms with Gasteiger partial charge in [0.1, 0.15) is 18.1 Å². The van der Waals surface area contributed by atoms with Crippen LogP contribution in [0.15, 0.2) is 72.8 Å². The van der Waals surface area contributed by atoms with Crippen LogP contribution in [0.1, 0.15) is 42.1 Å². The van der Waals surface area contributed by atoms with Gasteiger partial charge in [-0.05, 0) is 60.6 Å². The van der Waals surface area contributed by atoms with Crippen molar-refractivity contribution in [2.75, 3.05) is 17.7 Å². The van der Waals surface area contributed by atoms with Gasteiger partial charge in [0.05, 0.1) is 12.8 Å². The summed E-state index contributed by atoms with van der Waals surface area (Å²) in [5.41, 5.74) is 2.51. The third-order valence-electron chi connectivity index (χ3n) is 5.06. The van der Waals surface area contributed by atoms with Crippen molar-refractivity contribution in [2.45, 2.75) is 32.8 Å². The van der Waals surface area contributed by atoms with Crippen LogP contribution in [0.3, 0.4) is 0 Å². The molecular formula is C27H29N3O4S. The third-order valence-corrected chi connectivity index (χ3v) is 5.26.